The topological polar surface area (TPSA) is 44.3 Å². The molecule has 0 amide bonds. The highest BCUT2D eigenvalue weighted by atomic mass is 15.3. The molecule has 1 N–H and O–H groups in total. The van der Waals surface area contributed by atoms with Crippen molar-refractivity contribution >= 4 is 11.6 Å². The van der Waals surface area contributed by atoms with E-state index in [1.165, 1.54) is 19.3 Å². The van der Waals surface area contributed by atoms with E-state index in [9.17, 15) is 0 Å². The molecule has 0 unspecified atom stereocenters. The molecule has 2 fully saturated rings. The molecular weight excluding hydrogens is 226 g/mol. The smallest absolute Gasteiger partial charge is 0.134 e. The first-order valence-electron chi connectivity index (χ1n) is 6.85. The van der Waals surface area contributed by atoms with Gasteiger partial charge in [0.05, 0.1) is 0 Å². The third-order valence-electron chi connectivity index (χ3n) is 4.06. The molecule has 0 radical (unpaired) electrons. The van der Waals surface area contributed by atoms with Gasteiger partial charge in [-0.25, -0.2) is 9.97 Å². The molecule has 18 heavy (non-hydrogen) atoms. The molecule has 0 bridgehead atoms. The molecule has 1 aliphatic carbocycles. The second-order valence-corrected chi connectivity index (χ2v) is 5.17. The van der Waals surface area contributed by atoms with E-state index in [-0.39, 0.29) is 0 Å². The number of hydrogen-bond acceptors (Lipinski definition) is 5. The second kappa shape index (κ2) is 5.10. The Balaban J connectivity index is 1.75. The van der Waals surface area contributed by atoms with Gasteiger partial charge in [0.1, 0.15) is 18.0 Å². The molecule has 0 spiro atoms. The Morgan fingerprint density at radius 1 is 1.28 bits per heavy atom. The quantitative estimate of drug-likeness (QED) is 0.859. The largest absolute Gasteiger partial charge is 0.357 e. The maximum atomic E-state index is 4.41. The molecule has 0 atom stereocenters. The summed E-state index contributed by atoms with van der Waals surface area (Å²) >= 11 is 0. The summed E-state index contributed by atoms with van der Waals surface area (Å²) in [5.41, 5.74) is 0. The monoisotopic (exact) mass is 247 g/mol. The molecule has 1 saturated carbocycles. The summed E-state index contributed by atoms with van der Waals surface area (Å²) in [5, 5.41) is 3.36. The lowest BCUT2D eigenvalue weighted by Gasteiger charge is -2.36. The SMILES string of the molecule is CN(c1cc(N2CCNCC2)ncn1)C1CCC1. The zero-order chi connectivity index (χ0) is 12.4. The van der Waals surface area contributed by atoms with E-state index >= 15 is 0 Å². The fourth-order valence-corrected chi connectivity index (χ4v) is 2.56. The number of rotatable bonds is 3. The molecule has 2 heterocycles. The van der Waals surface area contributed by atoms with Gasteiger partial charge in [0, 0.05) is 45.3 Å². The van der Waals surface area contributed by atoms with Crippen molar-refractivity contribution in [1.29, 1.82) is 0 Å². The van der Waals surface area contributed by atoms with Crippen molar-refractivity contribution in [1.82, 2.24) is 15.3 Å². The molecule has 2 aliphatic rings. The minimum absolute atomic E-state index is 0.677. The highest BCUT2D eigenvalue weighted by Crippen LogP contribution is 2.28. The van der Waals surface area contributed by atoms with Crippen molar-refractivity contribution in [3.8, 4) is 0 Å². The number of anilines is 2. The first kappa shape index (κ1) is 11.7. The zero-order valence-corrected chi connectivity index (χ0v) is 11.0. The van der Waals surface area contributed by atoms with Crippen LogP contribution in [0.15, 0.2) is 12.4 Å². The van der Waals surface area contributed by atoms with Gasteiger partial charge in [-0.2, -0.15) is 0 Å². The highest BCUT2D eigenvalue weighted by molar-refractivity contribution is 5.50. The van der Waals surface area contributed by atoms with Crippen LogP contribution in [-0.4, -0.2) is 49.2 Å². The molecule has 5 nitrogen and oxygen atoms in total. The molecule has 1 aliphatic heterocycles. The standard InChI is InChI=1S/C13H21N5/c1-17(11-3-2-4-11)12-9-13(16-10-15-12)18-7-5-14-6-8-18/h9-11,14H,2-8H2,1H3. The van der Waals surface area contributed by atoms with Crippen molar-refractivity contribution in [2.24, 2.45) is 0 Å². The maximum Gasteiger partial charge on any atom is 0.134 e. The highest BCUT2D eigenvalue weighted by Gasteiger charge is 2.23. The fourth-order valence-electron chi connectivity index (χ4n) is 2.56. The van der Waals surface area contributed by atoms with Crippen molar-refractivity contribution < 1.29 is 0 Å². The van der Waals surface area contributed by atoms with Gasteiger partial charge >= 0.3 is 0 Å². The van der Waals surface area contributed by atoms with E-state index in [2.05, 4.69) is 38.2 Å². The van der Waals surface area contributed by atoms with Gasteiger partial charge < -0.3 is 15.1 Å². The van der Waals surface area contributed by atoms with Gasteiger partial charge in [-0.05, 0) is 19.3 Å². The molecule has 1 saturated heterocycles. The summed E-state index contributed by atoms with van der Waals surface area (Å²) in [4.78, 5) is 13.5. The molecule has 1 aromatic rings. The van der Waals surface area contributed by atoms with Gasteiger partial charge in [-0.15, -0.1) is 0 Å². The summed E-state index contributed by atoms with van der Waals surface area (Å²) in [5.74, 6) is 2.12. The summed E-state index contributed by atoms with van der Waals surface area (Å²) in [6, 6.07) is 2.81. The Kier molecular flexibility index (Phi) is 3.32. The number of nitrogens with one attached hydrogen (secondary N) is 1. The van der Waals surface area contributed by atoms with Crippen LogP contribution in [0, 0.1) is 0 Å². The fraction of sp³-hybridized carbons (Fsp3) is 0.692. The molecule has 5 heteroatoms. The van der Waals surface area contributed by atoms with Crippen LogP contribution in [0.2, 0.25) is 0 Å². The molecule has 0 aromatic carbocycles. The van der Waals surface area contributed by atoms with E-state index in [1.54, 1.807) is 6.33 Å². The Morgan fingerprint density at radius 2 is 2.06 bits per heavy atom. The summed E-state index contributed by atoms with van der Waals surface area (Å²) < 4.78 is 0. The zero-order valence-electron chi connectivity index (χ0n) is 11.0. The third-order valence-corrected chi connectivity index (χ3v) is 4.06. The molecule has 1 aromatic heterocycles. The maximum absolute atomic E-state index is 4.41. The van der Waals surface area contributed by atoms with E-state index in [4.69, 9.17) is 0 Å². The number of nitrogens with zero attached hydrogens (tertiary/aromatic N) is 4. The van der Waals surface area contributed by atoms with Gasteiger partial charge in [0.15, 0.2) is 0 Å². The lowest BCUT2D eigenvalue weighted by atomic mass is 9.92. The van der Waals surface area contributed by atoms with Crippen LogP contribution in [0.5, 0.6) is 0 Å². The van der Waals surface area contributed by atoms with Crippen molar-refractivity contribution in [3.05, 3.63) is 12.4 Å². The van der Waals surface area contributed by atoms with Crippen LogP contribution in [0.4, 0.5) is 11.6 Å². The molecule has 98 valence electrons. The van der Waals surface area contributed by atoms with Crippen LogP contribution >= 0.6 is 0 Å². The Labute approximate surface area is 108 Å². The van der Waals surface area contributed by atoms with E-state index in [0.717, 1.165) is 37.8 Å². The third kappa shape index (κ3) is 2.27. The summed E-state index contributed by atoms with van der Waals surface area (Å²) in [6.07, 6.45) is 5.64. The van der Waals surface area contributed by atoms with Gasteiger partial charge in [-0.3, -0.25) is 0 Å². The number of aromatic nitrogens is 2. The van der Waals surface area contributed by atoms with Crippen molar-refractivity contribution in [2.45, 2.75) is 25.3 Å². The first-order valence-corrected chi connectivity index (χ1v) is 6.85. The van der Waals surface area contributed by atoms with Crippen LogP contribution in [0.25, 0.3) is 0 Å². The number of hydrogen-bond donors (Lipinski definition) is 1. The van der Waals surface area contributed by atoms with E-state index < -0.39 is 0 Å². The normalized spacial score (nSPS) is 20.6. The summed E-state index contributed by atoms with van der Waals surface area (Å²) in [6.45, 7) is 4.14. The van der Waals surface area contributed by atoms with Crippen LogP contribution < -0.4 is 15.1 Å². The van der Waals surface area contributed by atoms with Gasteiger partial charge in [0.2, 0.25) is 0 Å². The lowest BCUT2D eigenvalue weighted by molar-refractivity contribution is 0.399. The van der Waals surface area contributed by atoms with Crippen LogP contribution in [0.1, 0.15) is 19.3 Å². The second-order valence-electron chi connectivity index (χ2n) is 5.17. The van der Waals surface area contributed by atoms with Crippen LogP contribution in [-0.2, 0) is 0 Å². The summed E-state index contributed by atoms with van der Waals surface area (Å²) in [7, 11) is 2.15. The molecular formula is C13H21N5. The Bertz CT molecular complexity index is 381. The number of piperazine rings is 1. The van der Waals surface area contributed by atoms with E-state index in [0.29, 0.717) is 6.04 Å². The minimum Gasteiger partial charge on any atom is -0.357 e. The van der Waals surface area contributed by atoms with E-state index in [1.807, 2.05) is 0 Å². The van der Waals surface area contributed by atoms with Crippen molar-refractivity contribution in [3.63, 3.8) is 0 Å². The Hall–Kier alpha value is -1.36. The molecule has 3 rings (SSSR count). The predicted octanol–water partition coefficient (Wildman–Crippen LogP) is 0.875. The van der Waals surface area contributed by atoms with Gasteiger partial charge in [-0.1, -0.05) is 0 Å². The minimum atomic E-state index is 0.677. The first-order chi connectivity index (χ1) is 8.84. The van der Waals surface area contributed by atoms with Crippen molar-refractivity contribution in [2.75, 3.05) is 43.0 Å². The van der Waals surface area contributed by atoms with Gasteiger partial charge in [0.25, 0.3) is 0 Å². The predicted molar refractivity (Wildman–Crippen MR) is 73.2 cm³/mol. The lowest BCUT2D eigenvalue weighted by Crippen LogP contribution is -2.44. The average Bonchev–Trinajstić information content (AvgIpc) is 2.38. The Morgan fingerprint density at radius 3 is 2.72 bits per heavy atom. The van der Waals surface area contributed by atoms with Crippen LogP contribution in [0.3, 0.4) is 0 Å². The average molecular weight is 247 g/mol.